The number of hydrogen-bond donors (Lipinski definition) is 2. The predicted molar refractivity (Wildman–Crippen MR) is 195 cm³/mol. The van der Waals surface area contributed by atoms with Gasteiger partial charge in [-0.3, -0.25) is 24.0 Å². The van der Waals surface area contributed by atoms with Crippen LogP contribution < -0.4 is 5.32 Å². The lowest BCUT2D eigenvalue weighted by atomic mass is 9.62. The fraction of sp³-hybridized carbons (Fsp3) is 0.650. The van der Waals surface area contributed by atoms with E-state index in [0.29, 0.717) is 24.0 Å². The highest BCUT2D eigenvalue weighted by atomic mass is 16.8. The Morgan fingerprint density at radius 2 is 1.84 bits per heavy atom. The SMILES string of the molecule is CC(C)(C)OC(=O)CC[C@@H](CO)NC(=O)[C@H]1CCCN1C(=O)[C@@]12C[C@H]3OC(=O)[C@@H]1N(Cc1ccccc1C=CC(=O)O[C@H]1C(=O)OCC1(C)C)O[C@@H]2[C@H]1OCO[C@H]13. The van der Waals surface area contributed by atoms with Gasteiger partial charge in [-0.05, 0) is 57.2 Å². The van der Waals surface area contributed by atoms with Crippen molar-refractivity contribution in [2.24, 2.45) is 10.8 Å². The fourth-order valence-electron chi connectivity index (χ4n) is 8.81. The van der Waals surface area contributed by atoms with E-state index in [4.69, 9.17) is 33.3 Å². The number of likely N-dealkylation sites (tertiary alicyclic amines) is 1. The second kappa shape index (κ2) is 15.7. The number of nitrogens with zero attached hydrogens (tertiary/aromatic N) is 2. The van der Waals surface area contributed by atoms with Crippen LogP contribution in [0.4, 0.5) is 0 Å². The topological polar surface area (TPSA) is 206 Å². The average molecular weight is 798 g/mol. The van der Waals surface area contributed by atoms with Crippen molar-refractivity contribution in [3.05, 3.63) is 41.5 Å². The molecule has 0 spiro atoms. The van der Waals surface area contributed by atoms with E-state index < -0.39 is 107 Å². The first-order valence-electron chi connectivity index (χ1n) is 19.5. The number of benzene rings is 1. The van der Waals surface area contributed by atoms with Crippen LogP contribution in [-0.4, -0.2) is 132 Å². The molecule has 5 aliphatic heterocycles. The zero-order valence-corrected chi connectivity index (χ0v) is 32.8. The number of aliphatic hydroxyl groups is 1. The molecule has 2 bridgehead atoms. The zero-order chi connectivity index (χ0) is 40.9. The van der Waals surface area contributed by atoms with Crippen LogP contribution in [-0.2, 0) is 68.6 Å². The van der Waals surface area contributed by atoms with Crippen LogP contribution in [0.15, 0.2) is 30.3 Å². The first kappa shape index (κ1) is 40.8. The number of rotatable bonds is 12. The van der Waals surface area contributed by atoms with Crippen LogP contribution in [0, 0.1) is 10.8 Å². The van der Waals surface area contributed by atoms with Crippen LogP contribution in [0.1, 0.15) is 77.8 Å². The third-order valence-corrected chi connectivity index (χ3v) is 11.5. The number of fused-ring (bicyclic) bond motifs is 4. The Labute approximate surface area is 330 Å². The Balaban J connectivity index is 1.11. The molecule has 17 heteroatoms. The van der Waals surface area contributed by atoms with Crippen molar-refractivity contribution < 1.29 is 67.1 Å². The number of nitrogens with one attached hydrogen (secondary N) is 1. The normalized spacial score (nSPS) is 32.1. The van der Waals surface area contributed by atoms with Gasteiger partial charge in [0.05, 0.1) is 19.2 Å². The third kappa shape index (κ3) is 7.91. The van der Waals surface area contributed by atoms with Gasteiger partial charge in [0.2, 0.25) is 17.9 Å². The molecule has 310 valence electrons. The molecule has 5 saturated heterocycles. The minimum Gasteiger partial charge on any atom is -0.462 e. The van der Waals surface area contributed by atoms with Crippen LogP contribution in [0.3, 0.4) is 0 Å². The maximum absolute atomic E-state index is 15.1. The summed E-state index contributed by atoms with van der Waals surface area (Å²) in [5.74, 6) is -3.42. The van der Waals surface area contributed by atoms with Crippen molar-refractivity contribution in [2.45, 2.75) is 128 Å². The quantitative estimate of drug-likeness (QED) is 0.174. The second-order valence-corrected chi connectivity index (χ2v) is 17.2. The van der Waals surface area contributed by atoms with Crippen LogP contribution in [0.25, 0.3) is 6.08 Å². The highest BCUT2D eigenvalue weighted by molar-refractivity contribution is 5.97. The Hall–Kier alpha value is -4.42. The van der Waals surface area contributed by atoms with E-state index in [1.54, 1.807) is 58.9 Å². The third-order valence-electron chi connectivity index (χ3n) is 11.5. The summed E-state index contributed by atoms with van der Waals surface area (Å²) in [7, 11) is 0. The van der Waals surface area contributed by atoms with E-state index in [1.807, 2.05) is 0 Å². The summed E-state index contributed by atoms with van der Waals surface area (Å²) >= 11 is 0. The van der Waals surface area contributed by atoms with Crippen molar-refractivity contribution >= 4 is 41.8 Å². The number of hydrogen-bond acceptors (Lipinski definition) is 15. The van der Waals surface area contributed by atoms with Gasteiger partial charge in [0.25, 0.3) is 0 Å². The minimum absolute atomic E-state index is 0.00844. The standard InChI is InChI=1S/C40H51N3O14/c1-38(2,3)56-28(46)15-13-24(19-44)41-34(47)25-11-8-16-42(25)37(50)40-17-26-29-30(53-21-52-29)32(40)57-43(31(40)35(48)54-26)18-23-10-7-6-9-22(23)12-14-27(45)55-33-36(49)51-20-39(33,4)5/h6-7,9-10,12,14,24-26,29-33,44H,8,11,13,15-21H2,1-5H3,(H,41,47)/t24-,25+,26+,29-,30-,31-,32+,33-,40-/m0/s1. The molecule has 6 fully saturated rings. The molecule has 5 heterocycles. The molecule has 2 N–H and O–H groups in total. The number of carbonyl (C=O) groups excluding carboxylic acids is 6. The number of ether oxygens (including phenoxy) is 6. The maximum Gasteiger partial charge on any atom is 0.348 e. The lowest BCUT2D eigenvalue weighted by Crippen LogP contribution is -2.70. The van der Waals surface area contributed by atoms with E-state index in [2.05, 4.69) is 5.32 Å². The monoisotopic (exact) mass is 797 g/mol. The molecule has 0 unspecified atom stereocenters. The molecule has 0 aromatic heterocycles. The number of aliphatic hydroxyl groups excluding tert-OH is 1. The highest BCUT2D eigenvalue weighted by Gasteiger charge is 2.75. The summed E-state index contributed by atoms with van der Waals surface area (Å²) in [5.41, 5.74) is -1.65. The van der Waals surface area contributed by atoms with Gasteiger partial charge in [0.1, 0.15) is 54.9 Å². The van der Waals surface area contributed by atoms with Gasteiger partial charge in [-0.25, -0.2) is 9.59 Å². The molecule has 0 radical (unpaired) electrons. The average Bonchev–Trinajstić information content (AvgIpc) is 3.95. The highest BCUT2D eigenvalue weighted by Crippen LogP contribution is 2.56. The smallest absolute Gasteiger partial charge is 0.348 e. The molecule has 17 nitrogen and oxygen atoms in total. The van der Waals surface area contributed by atoms with Crippen LogP contribution in [0.2, 0.25) is 0 Å². The first-order valence-corrected chi connectivity index (χ1v) is 19.5. The summed E-state index contributed by atoms with van der Waals surface area (Å²) in [5, 5.41) is 14.3. The molecule has 9 atom stereocenters. The number of amides is 2. The van der Waals surface area contributed by atoms with Crippen molar-refractivity contribution in [3.63, 3.8) is 0 Å². The van der Waals surface area contributed by atoms with Gasteiger partial charge in [-0.15, -0.1) is 0 Å². The largest absolute Gasteiger partial charge is 0.462 e. The lowest BCUT2D eigenvalue weighted by molar-refractivity contribution is -0.204. The Kier molecular flexibility index (Phi) is 11.3. The molecular weight excluding hydrogens is 746 g/mol. The van der Waals surface area contributed by atoms with Crippen molar-refractivity contribution in [1.82, 2.24) is 15.3 Å². The van der Waals surface area contributed by atoms with E-state index in [9.17, 15) is 29.1 Å². The number of esters is 4. The molecule has 6 aliphatic rings. The van der Waals surface area contributed by atoms with Crippen LogP contribution in [0.5, 0.6) is 0 Å². The molecule has 2 amide bonds. The molecule has 57 heavy (non-hydrogen) atoms. The summed E-state index contributed by atoms with van der Waals surface area (Å²) in [6.07, 6.45) is -0.455. The van der Waals surface area contributed by atoms with Crippen molar-refractivity contribution in [1.29, 1.82) is 0 Å². The van der Waals surface area contributed by atoms with E-state index in [0.717, 1.165) is 0 Å². The van der Waals surface area contributed by atoms with Crippen molar-refractivity contribution in [2.75, 3.05) is 26.6 Å². The van der Waals surface area contributed by atoms with Gasteiger partial charge in [-0.1, -0.05) is 38.1 Å². The Morgan fingerprint density at radius 3 is 2.56 bits per heavy atom. The lowest BCUT2D eigenvalue weighted by Gasteiger charge is -2.50. The zero-order valence-electron chi connectivity index (χ0n) is 32.8. The number of carbonyl (C=O) groups is 6. The summed E-state index contributed by atoms with van der Waals surface area (Å²) in [6, 6.07) is 4.21. The molecular formula is C40H51N3O14. The summed E-state index contributed by atoms with van der Waals surface area (Å²) in [4.78, 5) is 88.4. The van der Waals surface area contributed by atoms with Crippen LogP contribution >= 0.6 is 0 Å². The second-order valence-electron chi connectivity index (χ2n) is 17.2. The van der Waals surface area contributed by atoms with Gasteiger partial charge >= 0.3 is 23.9 Å². The van der Waals surface area contributed by atoms with Crippen molar-refractivity contribution in [3.8, 4) is 0 Å². The fourth-order valence-corrected chi connectivity index (χ4v) is 8.81. The maximum atomic E-state index is 15.1. The van der Waals surface area contributed by atoms with Gasteiger partial charge in [-0.2, -0.15) is 5.06 Å². The van der Waals surface area contributed by atoms with Gasteiger partial charge in [0.15, 0.2) is 6.04 Å². The predicted octanol–water partition coefficient (Wildman–Crippen LogP) is 1.33. The number of hydroxylamine groups is 2. The Bertz CT molecular complexity index is 1810. The van der Waals surface area contributed by atoms with E-state index in [-0.39, 0.29) is 45.8 Å². The molecule has 1 aliphatic carbocycles. The van der Waals surface area contributed by atoms with Gasteiger partial charge < -0.3 is 43.7 Å². The van der Waals surface area contributed by atoms with E-state index in [1.165, 1.54) is 22.1 Å². The summed E-state index contributed by atoms with van der Waals surface area (Å²) < 4.78 is 33.7. The summed E-state index contributed by atoms with van der Waals surface area (Å²) in [6.45, 7) is 8.65. The Morgan fingerprint density at radius 1 is 1.09 bits per heavy atom. The molecule has 7 rings (SSSR count). The molecule has 1 aromatic carbocycles. The molecule has 1 aromatic rings. The van der Waals surface area contributed by atoms with E-state index >= 15 is 4.79 Å². The molecule has 1 saturated carbocycles. The number of cyclic esters (lactones) is 1. The minimum atomic E-state index is -1.51. The first-order chi connectivity index (χ1) is 27.0. The van der Waals surface area contributed by atoms with Gasteiger partial charge in [0, 0.05) is 30.9 Å².